The Balaban J connectivity index is 1.77. The fourth-order valence-electron chi connectivity index (χ4n) is 8.70. The molecule has 378 valence electrons. The Morgan fingerprint density at radius 3 is 1.44 bits per heavy atom. The SMILES string of the molecule is CCCCCCCCCCCCCCCCCCCCCC/C=C/C(O)C(COC1OC(CO)C(OC2OC(CO)C(O)C(O)C2O)C(O)C1O)NC(=O)CCCCCCCCCC. The van der Waals surface area contributed by atoms with Gasteiger partial charge < -0.3 is 65.1 Å². The summed E-state index contributed by atoms with van der Waals surface area (Å²) >= 11 is 0. The number of nitrogens with one attached hydrogen (secondary N) is 1. The summed E-state index contributed by atoms with van der Waals surface area (Å²) in [6, 6.07) is -0.906. The van der Waals surface area contributed by atoms with Crippen molar-refractivity contribution in [3.8, 4) is 0 Å². The number of aliphatic hydroxyl groups excluding tert-OH is 8. The molecule has 0 aromatic carbocycles. The Hall–Kier alpha value is -1.27. The number of ether oxygens (including phenoxy) is 4. The largest absolute Gasteiger partial charge is 0.394 e. The van der Waals surface area contributed by atoms with Crippen LogP contribution in [0.25, 0.3) is 0 Å². The number of carbonyl (C=O) groups is 1. The first kappa shape index (κ1) is 58.9. The molecule has 0 aromatic rings. The van der Waals surface area contributed by atoms with Crippen LogP contribution in [0.1, 0.15) is 206 Å². The number of aliphatic hydroxyl groups is 8. The molecule has 0 spiro atoms. The highest BCUT2D eigenvalue weighted by Gasteiger charge is 2.51. The lowest BCUT2D eigenvalue weighted by Gasteiger charge is -2.46. The van der Waals surface area contributed by atoms with E-state index in [9.17, 15) is 45.6 Å². The molecule has 2 aliphatic heterocycles. The maximum absolute atomic E-state index is 13.1. The lowest BCUT2D eigenvalue weighted by molar-refractivity contribution is -0.359. The normalized spacial score (nSPS) is 27.3. The van der Waals surface area contributed by atoms with Gasteiger partial charge in [-0.15, -0.1) is 0 Å². The van der Waals surface area contributed by atoms with Crippen molar-refractivity contribution in [1.29, 1.82) is 0 Å². The first-order valence-electron chi connectivity index (χ1n) is 25.9. The number of hydrogen-bond acceptors (Lipinski definition) is 13. The topological polar surface area (TPSA) is 228 Å². The Morgan fingerprint density at radius 2 is 0.969 bits per heavy atom. The summed E-state index contributed by atoms with van der Waals surface area (Å²) in [6.07, 6.45) is 22.8. The van der Waals surface area contributed by atoms with Gasteiger partial charge in [-0.3, -0.25) is 4.79 Å². The maximum Gasteiger partial charge on any atom is 0.220 e. The van der Waals surface area contributed by atoms with Gasteiger partial charge in [0.15, 0.2) is 12.6 Å². The van der Waals surface area contributed by atoms with Gasteiger partial charge in [-0.05, 0) is 19.3 Å². The Kier molecular flexibility index (Phi) is 34.7. The Labute approximate surface area is 386 Å². The zero-order valence-corrected chi connectivity index (χ0v) is 40.0. The summed E-state index contributed by atoms with van der Waals surface area (Å²) in [5.41, 5.74) is 0. The highest BCUT2D eigenvalue weighted by Crippen LogP contribution is 2.30. The predicted octanol–water partition coefficient (Wildman–Crippen LogP) is 6.77. The molecule has 2 aliphatic rings. The van der Waals surface area contributed by atoms with E-state index in [-0.39, 0.29) is 18.9 Å². The van der Waals surface area contributed by atoms with E-state index in [2.05, 4.69) is 19.2 Å². The number of hydrogen-bond donors (Lipinski definition) is 9. The van der Waals surface area contributed by atoms with Crippen LogP contribution >= 0.6 is 0 Å². The number of carbonyl (C=O) groups excluding carboxylic acids is 1. The van der Waals surface area contributed by atoms with Gasteiger partial charge in [-0.1, -0.05) is 193 Å². The average molecular weight is 918 g/mol. The molecule has 0 bridgehead atoms. The molecular weight excluding hydrogens is 823 g/mol. The molecule has 2 heterocycles. The molecule has 0 saturated carbocycles. The van der Waals surface area contributed by atoms with Crippen LogP contribution in [0.4, 0.5) is 0 Å². The van der Waals surface area contributed by atoms with Gasteiger partial charge >= 0.3 is 0 Å². The minimum absolute atomic E-state index is 0.243. The molecule has 2 saturated heterocycles. The Morgan fingerprint density at radius 1 is 0.547 bits per heavy atom. The van der Waals surface area contributed by atoms with E-state index in [1.807, 2.05) is 6.08 Å². The Bertz CT molecular complexity index is 1130. The minimum Gasteiger partial charge on any atom is -0.394 e. The van der Waals surface area contributed by atoms with Crippen LogP contribution in [0.3, 0.4) is 0 Å². The van der Waals surface area contributed by atoms with Gasteiger partial charge in [-0.25, -0.2) is 0 Å². The fourth-order valence-corrected chi connectivity index (χ4v) is 8.70. The highest BCUT2D eigenvalue weighted by atomic mass is 16.7. The second-order valence-electron chi connectivity index (χ2n) is 18.7. The number of rotatable bonds is 40. The van der Waals surface area contributed by atoms with Crippen molar-refractivity contribution in [3.05, 3.63) is 12.2 Å². The van der Waals surface area contributed by atoms with Crippen LogP contribution in [-0.4, -0.2) is 140 Å². The average Bonchev–Trinajstić information content (AvgIpc) is 3.29. The zero-order chi connectivity index (χ0) is 46.8. The number of allylic oxidation sites excluding steroid dienone is 1. The van der Waals surface area contributed by atoms with E-state index >= 15 is 0 Å². The first-order valence-corrected chi connectivity index (χ1v) is 25.9. The molecule has 1 amide bonds. The van der Waals surface area contributed by atoms with Crippen molar-refractivity contribution >= 4 is 5.91 Å². The van der Waals surface area contributed by atoms with Crippen LogP contribution in [-0.2, 0) is 23.7 Å². The zero-order valence-electron chi connectivity index (χ0n) is 40.0. The molecule has 14 heteroatoms. The molecule has 0 aromatic heterocycles. The van der Waals surface area contributed by atoms with E-state index in [4.69, 9.17) is 18.9 Å². The van der Waals surface area contributed by atoms with E-state index < -0.39 is 86.8 Å². The second kappa shape index (κ2) is 37.7. The lowest BCUT2D eigenvalue weighted by atomic mass is 9.97. The van der Waals surface area contributed by atoms with Crippen molar-refractivity contribution in [1.82, 2.24) is 5.32 Å². The van der Waals surface area contributed by atoms with Crippen LogP contribution in [0.2, 0.25) is 0 Å². The van der Waals surface area contributed by atoms with Crippen LogP contribution in [0, 0.1) is 0 Å². The van der Waals surface area contributed by atoms with Crippen LogP contribution < -0.4 is 5.32 Å². The molecule has 2 rings (SSSR count). The van der Waals surface area contributed by atoms with Gasteiger partial charge in [0.1, 0.15) is 48.8 Å². The lowest BCUT2D eigenvalue weighted by Crippen LogP contribution is -2.65. The smallest absolute Gasteiger partial charge is 0.220 e. The van der Waals surface area contributed by atoms with E-state index in [0.29, 0.717) is 6.42 Å². The van der Waals surface area contributed by atoms with Gasteiger partial charge in [0.25, 0.3) is 0 Å². The van der Waals surface area contributed by atoms with E-state index in [1.165, 1.54) is 141 Å². The first-order chi connectivity index (χ1) is 31.1. The van der Waals surface area contributed by atoms with Crippen molar-refractivity contribution in [2.24, 2.45) is 0 Å². The van der Waals surface area contributed by atoms with Crippen molar-refractivity contribution in [2.45, 2.75) is 280 Å². The minimum atomic E-state index is -1.78. The molecule has 64 heavy (non-hydrogen) atoms. The number of amides is 1. The molecule has 0 aliphatic carbocycles. The summed E-state index contributed by atoms with van der Waals surface area (Å²) in [7, 11) is 0. The molecule has 12 unspecified atom stereocenters. The van der Waals surface area contributed by atoms with E-state index in [0.717, 1.165) is 38.5 Å². The summed E-state index contributed by atoms with van der Waals surface area (Å²) in [6.45, 7) is 2.76. The summed E-state index contributed by atoms with van der Waals surface area (Å²) in [5, 5.41) is 86.6. The highest BCUT2D eigenvalue weighted by molar-refractivity contribution is 5.76. The van der Waals surface area contributed by atoms with Crippen molar-refractivity contribution in [3.63, 3.8) is 0 Å². The van der Waals surface area contributed by atoms with Gasteiger partial charge in [0.05, 0.1) is 32.0 Å². The molecular formula is C50H95NO13. The third-order valence-electron chi connectivity index (χ3n) is 13.0. The molecule has 12 atom stereocenters. The van der Waals surface area contributed by atoms with Crippen LogP contribution in [0.5, 0.6) is 0 Å². The molecule has 14 nitrogen and oxygen atoms in total. The molecule has 0 radical (unpaired) electrons. The van der Waals surface area contributed by atoms with Crippen LogP contribution in [0.15, 0.2) is 12.2 Å². The summed E-state index contributed by atoms with van der Waals surface area (Å²) in [5.74, 6) is -0.243. The third-order valence-corrected chi connectivity index (χ3v) is 13.0. The number of unbranched alkanes of at least 4 members (excludes halogenated alkanes) is 27. The molecule has 9 N–H and O–H groups in total. The summed E-state index contributed by atoms with van der Waals surface area (Å²) < 4.78 is 22.6. The van der Waals surface area contributed by atoms with Crippen molar-refractivity contribution < 1.29 is 64.6 Å². The quantitative estimate of drug-likeness (QED) is 0.0229. The fraction of sp³-hybridized carbons (Fsp3) is 0.940. The van der Waals surface area contributed by atoms with Gasteiger partial charge in [0.2, 0.25) is 5.91 Å². The third kappa shape index (κ3) is 24.7. The van der Waals surface area contributed by atoms with Gasteiger partial charge in [-0.2, -0.15) is 0 Å². The maximum atomic E-state index is 13.1. The van der Waals surface area contributed by atoms with E-state index in [1.54, 1.807) is 6.08 Å². The summed E-state index contributed by atoms with van der Waals surface area (Å²) in [4.78, 5) is 13.1. The molecule has 2 fully saturated rings. The van der Waals surface area contributed by atoms with Crippen molar-refractivity contribution in [2.75, 3.05) is 19.8 Å². The predicted molar refractivity (Wildman–Crippen MR) is 249 cm³/mol. The van der Waals surface area contributed by atoms with Gasteiger partial charge in [0, 0.05) is 6.42 Å². The standard InChI is InChI=1S/C50H95NO13/c1-3-5-7-9-11-13-14-15-16-17-18-19-20-21-22-23-24-25-26-27-29-31-33-39(54)38(51-42(55)34-32-30-28-12-10-8-6-4-2)37-61-49-47(60)45(58)48(41(36-53)63-49)64-50-46(59)44(57)43(56)40(35-52)62-50/h31,33,38-41,43-50,52-54,56-60H,3-30,32,34-37H2,1-2H3,(H,51,55)/b33-31+. The second-order valence-corrected chi connectivity index (χ2v) is 18.7. The monoisotopic (exact) mass is 918 g/mol.